The van der Waals surface area contributed by atoms with Crippen molar-refractivity contribution < 1.29 is 9.59 Å². The molecule has 0 bridgehead atoms. The molecule has 2 amide bonds. The quantitative estimate of drug-likeness (QED) is 0.673. The van der Waals surface area contributed by atoms with Gasteiger partial charge < -0.3 is 16.0 Å². The van der Waals surface area contributed by atoms with Gasteiger partial charge >= 0.3 is 0 Å². The molecule has 0 rings (SSSR count). The van der Waals surface area contributed by atoms with Gasteiger partial charge in [-0.3, -0.25) is 9.59 Å². The summed E-state index contributed by atoms with van der Waals surface area (Å²) in [6.07, 6.45) is 0.998. The number of nitrogens with two attached hydrogens (primary N) is 1. The number of carbonyl (C=O) groups excluding carboxylic acids is 2. The highest BCUT2D eigenvalue weighted by molar-refractivity contribution is 5.82. The van der Waals surface area contributed by atoms with Gasteiger partial charge in [-0.05, 0) is 26.2 Å². The highest BCUT2D eigenvalue weighted by atomic mass is 16.2. The molecule has 0 saturated heterocycles. The van der Waals surface area contributed by atoms with E-state index in [-0.39, 0.29) is 11.8 Å². The van der Waals surface area contributed by atoms with Crippen LogP contribution < -0.4 is 11.1 Å². The molecule has 0 spiro atoms. The third kappa shape index (κ3) is 6.59. The number of nitrogens with zero attached hydrogens (tertiary/aromatic N) is 1. The molecule has 0 aromatic rings. The fourth-order valence-corrected chi connectivity index (χ4v) is 1.77. The van der Waals surface area contributed by atoms with Crippen molar-refractivity contribution in [2.24, 2.45) is 11.7 Å². The molecule has 1 atom stereocenters. The molecule has 0 aliphatic heterocycles. The van der Waals surface area contributed by atoms with Crippen molar-refractivity contribution in [2.75, 3.05) is 19.6 Å². The lowest BCUT2D eigenvalue weighted by Crippen LogP contribution is -2.43. The number of carbonyl (C=O) groups is 2. The first-order valence-electron chi connectivity index (χ1n) is 6.73. The van der Waals surface area contributed by atoms with E-state index in [4.69, 9.17) is 5.73 Å². The predicted octanol–water partition coefficient (Wildman–Crippen LogP) is 0.735. The first-order valence-corrected chi connectivity index (χ1v) is 6.73. The van der Waals surface area contributed by atoms with Gasteiger partial charge in [0.25, 0.3) is 0 Å². The molecule has 0 fully saturated rings. The normalized spacial score (nSPS) is 12.3. The first-order chi connectivity index (χ1) is 8.42. The molecule has 18 heavy (non-hydrogen) atoms. The number of amides is 2. The van der Waals surface area contributed by atoms with Crippen LogP contribution in [0.3, 0.4) is 0 Å². The van der Waals surface area contributed by atoms with E-state index in [0.29, 0.717) is 38.4 Å². The maximum atomic E-state index is 11.7. The maximum Gasteiger partial charge on any atom is 0.236 e. The second-order valence-corrected chi connectivity index (χ2v) is 4.84. The Bertz CT molecular complexity index is 263. The van der Waals surface area contributed by atoms with Crippen LogP contribution in [0.1, 0.15) is 40.5 Å². The summed E-state index contributed by atoms with van der Waals surface area (Å²) in [7, 11) is 0. The lowest BCUT2D eigenvalue weighted by molar-refractivity contribution is -0.130. The third-order valence-corrected chi connectivity index (χ3v) is 2.82. The van der Waals surface area contributed by atoms with Crippen LogP contribution >= 0.6 is 0 Å². The van der Waals surface area contributed by atoms with Crippen molar-refractivity contribution >= 4 is 11.8 Å². The predicted molar refractivity (Wildman–Crippen MR) is 73.0 cm³/mol. The van der Waals surface area contributed by atoms with Crippen LogP contribution in [-0.4, -0.2) is 42.4 Å². The van der Waals surface area contributed by atoms with Gasteiger partial charge in [-0.25, -0.2) is 0 Å². The highest BCUT2D eigenvalue weighted by Gasteiger charge is 2.15. The smallest absolute Gasteiger partial charge is 0.236 e. The summed E-state index contributed by atoms with van der Waals surface area (Å²) in [6.45, 7) is 9.71. The van der Waals surface area contributed by atoms with E-state index in [9.17, 15) is 9.59 Å². The van der Waals surface area contributed by atoms with Gasteiger partial charge in [0.15, 0.2) is 0 Å². The Balaban J connectivity index is 3.90. The average Bonchev–Trinajstić information content (AvgIpc) is 2.29. The highest BCUT2D eigenvalue weighted by Crippen LogP contribution is 2.02. The molecule has 3 N–H and O–H groups in total. The van der Waals surface area contributed by atoms with E-state index in [0.717, 1.165) is 0 Å². The lowest BCUT2D eigenvalue weighted by Gasteiger charge is -2.19. The Labute approximate surface area is 110 Å². The minimum absolute atomic E-state index is 0.0673. The molecular weight excluding hydrogens is 230 g/mol. The van der Waals surface area contributed by atoms with Crippen molar-refractivity contribution in [3.63, 3.8) is 0 Å². The fraction of sp³-hybridized carbons (Fsp3) is 0.846. The Hall–Kier alpha value is -1.10. The molecule has 0 aliphatic carbocycles. The van der Waals surface area contributed by atoms with Gasteiger partial charge in [-0.2, -0.15) is 0 Å². The van der Waals surface area contributed by atoms with Crippen molar-refractivity contribution in [3.8, 4) is 0 Å². The molecule has 0 radical (unpaired) electrons. The molecule has 0 aliphatic rings. The standard InChI is InChI=1S/C13H27N3O2/c1-5-16(6-2)12(17)7-8-15-13(18)11(14)9-10(3)4/h10-11H,5-9,14H2,1-4H3,(H,15,18)/t11-/m0/s1. The summed E-state index contributed by atoms with van der Waals surface area (Å²) in [5, 5.41) is 2.71. The van der Waals surface area contributed by atoms with Crippen LogP contribution in [-0.2, 0) is 9.59 Å². The summed E-state index contributed by atoms with van der Waals surface area (Å²) in [5.41, 5.74) is 5.74. The molecule has 5 heteroatoms. The van der Waals surface area contributed by atoms with Gasteiger partial charge in [-0.1, -0.05) is 13.8 Å². The van der Waals surface area contributed by atoms with Gasteiger partial charge in [0, 0.05) is 26.1 Å². The van der Waals surface area contributed by atoms with Crippen molar-refractivity contribution in [2.45, 2.75) is 46.6 Å². The largest absolute Gasteiger partial charge is 0.354 e. The maximum absolute atomic E-state index is 11.7. The van der Waals surface area contributed by atoms with Crippen molar-refractivity contribution in [1.29, 1.82) is 0 Å². The van der Waals surface area contributed by atoms with E-state index in [1.54, 1.807) is 4.90 Å². The molecule has 0 aromatic heterocycles. The van der Waals surface area contributed by atoms with Crippen molar-refractivity contribution in [1.82, 2.24) is 10.2 Å². The second-order valence-electron chi connectivity index (χ2n) is 4.84. The summed E-state index contributed by atoms with van der Waals surface area (Å²) in [4.78, 5) is 25.0. The topological polar surface area (TPSA) is 75.4 Å². The summed E-state index contributed by atoms with van der Waals surface area (Å²) < 4.78 is 0. The van der Waals surface area contributed by atoms with Crippen LogP contribution in [0.5, 0.6) is 0 Å². The Kier molecular flexibility index (Phi) is 8.37. The number of hydrogen-bond acceptors (Lipinski definition) is 3. The zero-order valence-corrected chi connectivity index (χ0v) is 12.0. The molecular formula is C13H27N3O2. The van der Waals surface area contributed by atoms with Crippen molar-refractivity contribution in [3.05, 3.63) is 0 Å². The SMILES string of the molecule is CCN(CC)C(=O)CCNC(=O)[C@@H](N)CC(C)C. The summed E-state index contributed by atoms with van der Waals surface area (Å²) in [6, 6.07) is -0.478. The van der Waals surface area contributed by atoms with Crippen LogP contribution in [0.15, 0.2) is 0 Å². The second kappa shape index (κ2) is 8.91. The number of hydrogen-bond donors (Lipinski definition) is 2. The minimum atomic E-state index is -0.478. The Morgan fingerprint density at radius 3 is 2.22 bits per heavy atom. The fourth-order valence-electron chi connectivity index (χ4n) is 1.77. The molecule has 0 unspecified atom stereocenters. The minimum Gasteiger partial charge on any atom is -0.354 e. The van der Waals surface area contributed by atoms with E-state index >= 15 is 0 Å². The van der Waals surface area contributed by atoms with Crippen LogP contribution in [0, 0.1) is 5.92 Å². The average molecular weight is 257 g/mol. The molecule has 0 aromatic carbocycles. The third-order valence-electron chi connectivity index (χ3n) is 2.82. The van der Waals surface area contributed by atoms with E-state index in [1.807, 2.05) is 27.7 Å². The number of rotatable bonds is 8. The van der Waals surface area contributed by atoms with Gasteiger partial charge in [0.1, 0.15) is 0 Å². The van der Waals surface area contributed by atoms with Gasteiger partial charge in [-0.15, -0.1) is 0 Å². The van der Waals surface area contributed by atoms with E-state index in [1.165, 1.54) is 0 Å². The molecule has 5 nitrogen and oxygen atoms in total. The molecule has 106 valence electrons. The van der Waals surface area contributed by atoms with Crippen LogP contribution in [0.25, 0.3) is 0 Å². The Morgan fingerprint density at radius 2 is 1.78 bits per heavy atom. The van der Waals surface area contributed by atoms with Crippen LogP contribution in [0.4, 0.5) is 0 Å². The summed E-state index contributed by atoms with van der Waals surface area (Å²) >= 11 is 0. The number of nitrogens with one attached hydrogen (secondary N) is 1. The van der Waals surface area contributed by atoms with E-state index < -0.39 is 6.04 Å². The summed E-state index contributed by atoms with van der Waals surface area (Å²) in [5.74, 6) is 0.289. The van der Waals surface area contributed by atoms with Gasteiger partial charge in [0.2, 0.25) is 11.8 Å². The van der Waals surface area contributed by atoms with Gasteiger partial charge in [0.05, 0.1) is 6.04 Å². The lowest BCUT2D eigenvalue weighted by atomic mass is 10.0. The first kappa shape index (κ1) is 16.9. The molecule has 0 saturated carbocycles. The monoisotopic (exact) mass is 257 g/mol. The van der Waals surface area contributed by atoms with E-state index in [2.05, 4.69) is 5.32 Å². The Morgan fingerprint density at radius 1 is 1.22 bits per heavy atom. The zero-order valence-electron chi connectivity index (χ0n) is 12.0. The zero-order chi connectivity index (χ0) is 14.1. The van der Waals surface area contributed by atoms with Crippen LogP contribution in [0.2, 0.25) is 0 Å². The molecule has 0 heterocycles.